The van der Waals surface area contributed by atoms with Gasteiger partial charge >= 0.3 is 0 Å². The molecule has 0 aliphatic carbocycles. The Morgan fingerprint density at radius 2 is 1.75 bits per heavy atom. The summed E-state index contributed by atoms with van der Waals surface area (Å²) >= 11 is 0. The molecule has 5 heteroatoms. The van der Waals surface area contributed by atoms with E-state index in [1.807, 2.05) is 18.2 Å². The first-order valence-corrected chi connectivity index (χ1v) is 6.61. The first-order chi connectivity index (χ1) is 9.78. The maximum atomic E-state index is 8.98. The zero-order valence-electron chi connectivity index (χ0n) is 11.7. The summed E-state index contributed by atoms with van der Waals surface area (Å²) in [6, 6.07) is 10.1. The van der Waals surface area contributed by atoms with Gasteiger partial charge in [-0.05, 0) is 38.1 Å². The average molecular weight is 267 g/mol. The second kappa shape index (κ2) is 6.53. The molecule has 0 aliphatic rings. The Labute approximate surface area is 118 Å². The maximum Gasteiger partial charge on any atom is 0.183 e. The van der Waals surface area contributed by atoms with Crippen molar-refractivity contribution in [3.8, 4) is 6.07 Å². The second-order valence-electron chi connectivity index (χ2n) is 4.21. The van der Waals surface area contributed by atoms with Crippen LogP contribution in [0.2, 0.25) is 0 Å². The van der Waals surface area contributed by atoms with Crippen molar-refractivity contribution in [3.63, 3.8) is 0 Å². The fourth-order valence-electron chi connectivity index (χ4n) is 1.99. The average Bonchev–Trinajstić information content (AvgIpc) is 2.51. The lowest BCUT2D eigenvalue weighted by Gasteiger charge is -2.21. The van der Waals surface area contributed by atoms with E-state index in [-0.39, 0.29) is 0 Å². The zero-order chi connectivity index (χ0) is 14.4. The lowest BCUT2D eigenvalue weighted by molar-refractivity contribution is 0.866. The van der Waals surface area contributed by atoms with E-state index < -0.39 is 0 Å². The van der Waals surface area contributed by atoms with E-state index in [2.05, 4.69) is 46.2 Å². The molecule has 0 fully saturated rings. The van der Waals surface area contributed by atoms with E-state index in [0.29, 0.717) is 11.5 Å². The highest BCUT2D eigenvalue weighted by Crippen LogP contribution is 2.21. The third-order valence-electron chi connectivity index (χ3n) is 3.06. The smallest absolute Gasteiger partial charge is 0.183 e. The Kier molecular flexibility index (Phi) is 4.51. The van der Waals surface area contributed by atoms with Crippen LogP contribution in [0.25, 0.3) is 0 Å². The van der Waals surface area contributed by atoms with Crippen LogP contribution in [0.1, 0.15) is 19.5 Å². The van der Waals surface area contributed by atoms with Crippen molar-refractivity contribution < 1.29 is 0 Å². The molecular weight excluding hydrogens is 250 g/mol. The van der Waals surface area contributed by atoms with Crippen molar-refractivity contribution in [1.29, 1.82) is 5.26 Å². The van der Waals surface area contributed by atoms with Gasteiger partial charge in [0.2, 0.25) is 0 Å². The Bertz CT molecular complexity index is 596. The molecule has 0 atom stereocenters. The molecule has 0 unspecified atom stereocenters. The van der Waals surface area contributed by atoms with Gasteiger partial charge in [0.05, 0.1) is 0 Å². The molecule has 2 aromatic rings. The molecule has 20 heavy (non-hydrogen) atoms. The Balaban J connectivity index is 2.17. The minimum absolute atomic E-state index is 0.292. The number of aromatic nitrogens is 2. The number of rotatable bonds is 5. The maximum absolute atomic E-state index is 8.98. The molecule has 1 aromatic carbocycles. The first kappa shape index (κ1) is 13.8. The van der Waals surface area contributed by atoms with Gasteiger partial charge < -0.3 is 10.2 Å². The summed E-state index contributed by atoms with van der Waals surface area (Å²) in [4.78, 5) is 10.4. The fourth-order valence-corrected chi connectivity index (χ4v) is 1.99. The molecule has 5 nitrogen and oxygen atoms in total. The van der Waals surface area contributed by atoms with Gasteiger partial charge in [-0.15, -0.1) is 0 Å². The number of anilines is 3. The Hall–Kier alpha value is -2.61. The molecule has 0 amide bonds. The van der Waals surface area contributed by atoms with Gasteiger partial charge in [-0.1, -0.05) is 0 Å². The molecule has 1 N–H and O–H groups in total. The van der Waals surface area contributed by atoms with Gasteiger partial charge in [0.25, 0.3) is 0 Å². The normalized spacial score (nSPS) is 9.85. The van der Waals surface area contributed by atoms with E-state index in [1.165, 1.54) is 11.9 Å². The molecule has 0 spiro atoms. The van der Waals surface area contributed by atoms with Gasteiger partial charge in [-0.25, -0.2) is 9.97 Å². The van der Waals surface area contributed by atoms with E-state index in [0.717, 1.165) is 18.8 Å². The highest BCUT2D eigenvalue weighted by atomic mass is 15.1. The van der Waals surface area contributed by atoms with Crippen LogP contribution in [0.3, 0.4) is 0 Å². The quantitative estimate of drug-likeness (QED) is 0.902. The van der Waals surface area contributed by atoms with Crippen LogP contribution in [0.15, 0.2) is 36.7 Å². The van der Waals surface area contributed by atoms with Crippen LogP contribution >= 0.6 is 0 Å². The van der Waals surface area contributed by atoms with Crippen LogP contribution in [-0.2, 0) is 0 Å². The minimum atomic E-state index is 0.292. The van der Waals surface area contributed by atoms with Crippen LogP contribution in [0, 0.1) is 11.3 Å². The van der Waals surface area contributed by atoms with Crippen LogP contribution in [0.5, 0.6) is 0 Å². The summed E-state index contributed by atoms with van der Waals surface area (Å²) in [7, 11) is 0. The number of nitriles is 1. The predicted molar refractivity (Wildman–Crippen MR) is 80.0 cm³/mol. The van der Waals surface area contributed by atoms with E-state index in [9.17, 15) is 0 Å². The lowest BCUT2D eigenvalue weighted by Crippen LogP contribution is -2.21. The van der Waals surface area contributed by atoms with Gasteiger partial charge in [0, 0.05) is 36.9 Å². The number of nitrogens with one attached hydrogen (secondary N) is 1. The molecule has 102 valence electrons. The van der Waals surface area contributed by atoms with Gasteiger partial charge in [0.1, 0.15) is 6.07 Å². The van der Waals surface area contributed by atoms with Crippen molar-refractivity contribution in [2.24, 2.45) is 0 Å². The Morgan fingerprint density at radius 3 is 2.35 bits per heavy atom. The van der Waals surface area contributed by atoms with E-state index in [1.54, 1.807) is 6.20 Å². The van der Waals surface area contributed by atoms with E-state index >= 15 is 0 Å². The van der Waals surface area contributed by atoms with Crippen molar-refractivity contribution >= 4 is 17.2 Å². The topological polar surface area (TPSA) is 64.8 Å². The second-order valence-corrected chi connectivity index (χ2v) is 4.21. The van der Waals surface area contributed by atoms with E-state index in [4.69, 9.17) is 5.26 Å². The molecule has 0 bridgehead atoms. The summed E-state index contributed by atoms with van der Waals surface area (Å²) in [6.07, 6.45) is 3.07. The summed E-state index contributed by atoms with van der Waals surface area (Å²) in [5.74, 6) is 0.477. The van der Waals surface area contributed by atoms with Crippen molar-refractivity contribution in [3.05, 3.63) is 42.4 Å². The van der Waals surface area contributed by atoms with Gasteiger partial charge in [0.15, 0.2) is 11.5 Å². The largest absolute Gasteiger partial charge is 0.372 e. The minimum Gasteiger partial charge on any atom is -0.372 e. The first-order valence-electron chi connectivity index (χ1n) is 6.61. The highest BCUT2D eigenvalue weighted by Gasteiger charge is 2.05. The lowest BCUT2D eigenvalue weighted by atomic mass is 10.2. The monoisotopic (exact) mass is 267 g/mol. The van der Waals surface area contributed by atoms with Crippen LogP contribution in [0.4, 0.5) is 17.2 Å². The third-order valence-corrected chi connectivity index (χ3v) is 3.06. The highest BCUT2D eigenvalue weighted by molar-refractivity contribution is 5.63. The molecule has 0 aliphatic heterocycles. The van der Waals surface area contributed by atoms with Gasteiger partial charge in [-0.2, -0.15) is 5.26 Å². The van der Waals surface area contributed by atoms with Crippen LogP contribution < -0.4 is 10.2 Å². The molecule has 2 rings (SSSR count). The summed E-state index contributed by atoms with van der Waals surface area (Å²) < 4.78 is 0. The standard InChI is InChI=1S/C15H17N5/c1-3-20(4-2)13-7-5-12(6-8-13)19-15-14(11-16)17-9-10-18-15/h5-10H,3-4H2,1-2H3,(H,18,19). The summed E-state index contributed by atoms with van der Waals surface area (Å²) in [6.45, 7) is 6.22. The molecule has 0 saturated heterocycles. The molecular formula is C15H17N5. The summed E-state index contributed by atoms with van der Waals surface area (Å²) in [5.41, 5.74) is 2.36. The van der Waals surface area contributed by atoms with Crippen molar-refractivity contribution in [1.82, 2.24) is 9.97 Å². The third kappa shape index (κ3) is 3.04. The van der Waals surface area contributed by atoms with Crippen molar-refractivity contribution in [2.75, 3.05) is 23.3 Å². The molecule has 0 radical (unpaired) electrons. The molecule has 1 heterocycles. The number of nitrogens with zero attached hydrogens (tertiary/aromatic N) is 4. The SMILES string of the molecule is CCN(CC)c1ccc(Nc2nccnc2C#N)cc1. The van der Waals surface area contributed by atoms with Crippen molar-refractivity contribution in [2.45, 2.75) is 13.8 Å². The fraction of sp³-hybridized carbons (Fsp3) is 0.267. The van der Waals surface area contributed by atoms with Crippen LogP contribution in [-0.4, -0.2) is 23.1 Å². The molecule has 1 aromatic heterocycles. The number of hydrogen-bond acceptors (Lipinski definition) is 5. The Morgan fingerprint density at radius 1 is 1.10 bits per heavy atom. The summed E-state index contributed by atoms with van der Waals surface area (Å²) in [5, 5.41) is 12.1. The molecule has 0 saturated carbocycles. The van der Waals surface area contributed by atoms with Gasteiger partial charge in [-0.3, -0.25) is 0 Å². The number of benzene rings is 1. The predicted octanol–water partition coefficient (Wildman–Crippen LogP) is 2.94. The number of hydrogen-bond donors (Lipinski definition) is 1. The zero-order valence-corrected chi connectivity index (χ0v) is 11.7.